The Morgan fingerprint density at radius 1 is 0.950 bits per heavy atom. The van der Waals surface area contributed by atoms with Gasteiger partial charge in [-0.1, -0.05) is 12.1 Å². The number of alkyl halides is 3. The maximum absolute atomic E-state index is 13.9. The highest BCUT2D eigenvalue weighted by molar-refractivity contribution is 5.74. The van der Waals surface area contributed by atoms with E-state index in [1.165, 1.54) is 18.2 Å². The molecule has 0 aliphatic carbocycles. The third-order valence-corrected chi connectivity index (χ3v) is 3.18. The fourth-order valence-corrected chi connectivity index (χ4v) is 2.13. The predicted molar refractivity (Wildman–Crippen MR) is 71.1 cm³/mol. The van der Waals surface area contributed by atoms with Crippen LogP contribution in [0.3, 0.4) is 0 Å². The zero-order valence-corrected chi connectivity index (χ0v) is 11.0. The van der Waals surface area contributed by atoms with Crippen molar-refractivity contribution >= 4 is 5.69 Å². The van der Waals surface area contributed by atoms with Gasteiger partial charge in [-0.15, -0.1) is 0 Å². The molecule has 0 amide bonds. The first-order valence-electron chi connectivity index (χ1n) is 5.99. The lowest BCUT2D eigenvalue weighted by molar-refractivity contribution is -0.137. The molecule has 1 nitrogen and oxygen atoms in total. The smallest absolute Gasteiger partial charge is 0.388 e. The Labute approximate surface area is 114 Å². The van der Waals surface area contributed by atoms with Gasteiger partial charge in [-0.25, -0.2) is 4.39 Å². The first kappa shape index (κ1) is 14.4. The number of anilines is 1. The molecule has 0 saturated heterocycles. The van der Waals surface area contributed by atoms with Crippen molar-refractivity contribution in [2.24, 2.45) is 0 Å². The monoisotopic (exact) mass is 283 g/mol. The van der Waals surface area contributed by atoms with Crippen LogP contribution in [0.25, 0.3) is 11.1 Å². The van der Waals surface area contributed by atoms with Crippen LogP contribution in [0.4, 0.5) is 23.2 Å². The van der Waals surface area contributed by atoms with Gasteiger partial charge in [-0.3, -0.25) is 0 Å². The molecule has 0 spiro atoms. The zero-order valence-electron chi connectivity index (χ0n) is 11.0. The Hall–Kier alpha value is -2.04. The van der Waals surface area contributed by atoms with Gasteiger partial charge in [0.25, 0.3) is 0 Å². The number of nitrogens with one attached hydrogen (secondary N) is 1. The van der Waals surface area contributed by atoms with Crippen molar-refractivity contribution in [2.75, 3.05) is 12.4 Å². The lowest BCUT2D eigenvalue weighted by atomic mass is 9.97. The molecule has 0 bridgehead atoms. The fraction of sp³-hybridized carbons (Fsp3) is 0.200. The summed E-state index contributed by atoms with van der Waals surface area (Å²) in [6.07, 6.45) is -4.39. The summed E-state index contributed by atoms with van der Waals surface area (Å²) in [5, 5.41) is 2.92. The number of hydrogen-bond acceptors (Lipinski definition) is 1. The molecule has 20 heavy (non-hydrogen) atoms. The molecule has 0 heterocycles. The second-order valence-electron chi connectivity index (χ2n) is 4.42. The van der Waals surface area contributed by atoms with E-state index in [-0.39, 0.29) is 0 Å². The van der Waals surface area contributed by atoms with E-state index in [0.717, 1.165) is 17.8 Å². The Morgan fingerprint density at radius 2 is 1.55 bits per heavy atom. The maximum Gasteiger partial charge on any atom is 0.416 e. The fourth-order valence-electron chi connectivity index (χ4n) is 2.13. The molecule has 106 valence electrons. The Morgan fingerprint density at radius 3 is 2.05 bits per heavy atom. The maximum atomic E-state index is 13.9. The Bertz CT molecular complexity index is 615. The average Bonchev–Trinajstić information content (AvgIpc) is 2.38. The highest BCUT2D eigenvalue weighted by Crippen LogP contribution is 2.34. The van der Waals surface area contributed by atoms with Crippen LogP contribution < -0.4 is 5.32 Å². The van der Waals surface area contributed by atoms with Gasteiger partial charge in [0.05, 0.1) is 5.56 Å². The van der Waals surface area contributed by atoms with Crippen LogP contribution in [-0.2, 0) is 6.18 Å². The van der Waals surface area contributed by atoms with Crippen molar-refractivity contribution < 1.29 is 17.6 Å². The molecule has 0 radical (unpaired) electrons. The van der Waals surface area contributed by atoms with E-state index >= 15 is 0 Å². The first-order chi connectivity index (χ1) is 9.34. The van der Waals surface area contributed by atoms with Gasteiger partial charge in [-0.05, 0) is 42.3 Å². The Balaban J connectivity index is 2.52. The quantitative estimate of drug-likeness (QED) is 0.776. The van der Waals surface area contributed by atoms with Gasteiger partial charge in [0.1, 0.15) is 5.82 Å². The standard InChI is InChI=1S/C15H13F4N/c1-9-13(20-2)8-7-12(16)14(9)10-3-5-11(6-4-10)15(17,18)19/h3-8,20H,1-2H3. The minimum Gasteiger partial charge on any atom is -0.388 e. The molecule has 2 aromatic carbocycles. The van der Waals surface area contributed by atoms with Crippen LogP contribution in [0.2, 0.25) is 0 Å². The average molecular weight is 283 g/mol. The second kappa shape index (κ2) is 5.15. The summed E-state index contributed by atoms with van der Waals surface area (Å²) < 4.78 is 51.5. The van der Waals surface area contributed by atoms with E-state index in [2.05, 4.69) is 5.32 Å². The van der Waals surface area contributed by atoms with Crippen LogP contribution in [0, 0.1) is 12.7 Å². The van der Waals surface area contributed by atoms with Gasteiger partial charge in [-0.2, -0.15) is 13.2 Å². The van der Waals surface area contributed by atoms with Crippen LogP contribution in [-0.4, -0.2) is 7.05 Å². The minimum absolute atomic E-state index is 0.311. The zero-order chi connectivity index (χ0) is 14.9. The molecule has 0 unspecified atom stereocenters. The second-order valence-corrected chi connectivity index (χ2v) is 4.42. The van der Waals surface area contributed by atoms with E-state index in [1.807, 2.05) is 0 Å². The molecule has 0 aliphatic rings. The van der Waals surface area contributed by atoms with E-state index in [4.69, 9.17) is 0 Å². The topological polar surface area (TPSA) is 12.0 Å². The molecular weight excluding hydrogens is 270 g/mol. The van der Waals surface area contributed by atoms with Crippen molar-refractivity contribution in [3.8, 4) is 11.1 Å². The summed E-state index contributed by atoms with van der Waals surface area (Å²) in [5.41, 5.74) is 1.38. The van der Waals surface area contributed by atoms with E-state index < -0.39 is 17.6 Å². The SMILES string of the molecule is CNc1ccc(F)c(-c2ccc(C(F)(F)F)cc2)c1C. The summed E-state index contributed by atoms with van der Waals surface area (Å²) in [4.78, 5) is 0. The molecule has 2 aromatic rings. The number of hydrogen-bond donors (Lipinski definition) is 1. The molecule has 5 heteroatoms. The largest absolute Gasteiger partial charge is 0.416 e. The van der Waals surface area contributed by atoms with Crippen LogP contribution in [0.1, 0.15) is 11.1 Å². The van der Waals surface area contributed by atoms with Crippen LogP contribution in [0.15, 0.2) is 36.4 Å². The summed E-state index contributed by atoms with van der Waals surface area (Å²) in [6.45, 7) is 1.72. The highest BCUT2D eigenvalue weighted by Gasteiger charge is 2.30. The molecule has 0 aromatic heterocycles. The normalized spacial score (nSPS) is 11.5. The van der Waals surface area contributed by atoms with Gasteiger partial charge in [0.15, 0.2) is 0 Å². The molecule has 0 atom stereocenters. The van der Waals surface area contributed by atoms with E-state index in [0.29, 0.717) is 16.7 Å². The van der Waals surface area contributed by atoms with Gasteiger partial charge < -0.3 is 5.32 Å². The van der Waals surface area contributed by atoms with Gasteiger partial charge in [0, 0.05) is 18.3 Å². The lowest BCUT2D eigenvalue weighted by Crippen LogP contribution is -2.04. The van der Waals surface area contributed by atoms with E-state index in [1.54, 1.807) is 20.0 Å². The lowest BCUT2D eigenvalue weighted by Gasteiger charge is -2.13. The van der Waals surface area contributed by atoms with Crippen molar-refractivity contribution in [1.82, 2.24) is 0 Å². The molecule has 2 rings (SSSR count). The van der Waals surface area contributed by atoms with Gasteiger partial charge >= 0.3 is 6.18 Å². The van der Waals surface area contributed by atoms with Crippen LogP contribution in [0.5, 0.6) is 0 Å². The van der Waals surface area contributed by atoms with Crippen LogP contribution >= 0.6 is 0 Å². The summed E-state index contributed by atoms with van der Waals surface area (Å²) in [7, 11) is 1.71. The third kappa shape index (κ3) is 2.61. The van der Waals surface area contributed by atoms with Gasteiger partial charge in [0.2, 0.25) is 0 Å². The van der Waals surface area contributed by atoms with Crippen molar-refractivity contribution in [1.29, 1.82) is 0 Å². The number of benzene rings is 2. The number of halogens is 4. The van der Waals surface area contributed by atoms with Crippen molar-refractivity contribution in [3.63, 3.8) is 0 Å². The first-order valence-corrected chi connectivity index (χ1v) is 5.99. The summed E-state index contributed by atoms with van der Waals surface area (Å²) in [5.74, 6) is -0.457. The van der Waals surface area contributed by atoms with Crippen molar-refractivity contribution in [2.45, 2.75) is 13.1 Å². The highest BCUT2D eigenvalue weighted by atomic mass is 19.4. The Kier molecular flexibility index (Phi) is 3.70. The summed E-state index contributed by atoms with van der Waals surface area (Å²) in [6, 6.07) is 7.38. The number of rotatable bonds is 2. The molecule has 1 N–H and O–H groups in total. The molecule has 0 aliphatic heterocycles. The predicted octanol–water partition coefficient (Wildman–Crippen LogP) is 4.86. The summed E-state index contributed by atoms with van der Waals surface area (Å²) >= 11 is 0. The molecule has 0 saturated carbocycles. The molecule has 0 fully saturated rings. The minimum atomic E-state index is -4.39. The third-order valence-electron chi connectivity index (χ3n) is 3.18. The van der Waals surface area contributed by atoms with Crippen molar-refractivity contribution in [3.05, 3.63) is 53.3 Å². The van der Waals surface area contributed by atoms with E-state index in [9.17, 15) is 17.6 Å². The molecular formula is C15H13F4N.